The van der Waals surface area contributed by atoms with Crippen molar-refractivity contribution in [2.45, 2.75) is 13.5 Å². The maximum Gasteiger partial charge on any atom is 0.255 e. The molecule has 6 heteroatoms. The molecule has 1 N–H and O–H groups in total. The van der Waals surface area contributed by atoms with Crippen molar-refractivity contribution in [1.82, 2.24) is 0 Å². The molecule has 172 valence electrons. The van der Waals surface area contributed by atoms with Gasteiger partial charge in [-0.3, -0.25) is 4.79 Å². The summed E-state index contributed by atoms with van der Waals surface area (Å²) in [4.78, 5) is 12.9. The van der Waals surface area contributed by atoms with Gasteiger partial charge in [0.2, 0.25) is 0 Å². The number of para-hydroxylation sites is 1. The minimum atomic E-state index is -0.233. The number of nitrogens with one attached hydrogen (secondary N) is 1. The smallest absolute Gasteiger partial charge is 0.255 e. The maximum absolute atomic E-state index is 12.9. The molecule has 4 rings (SSSR count). The average Bonchev–Trinajstić information content (AvgIpc) is 2.86. The van der Waals surface area contributed by atoms with E-state index in [1.54, 1.807) is 43.5 Å². The first-order chi connectivity index (χ1) is 16.5. The molecule has 0 fully saturated rings. The van der Waals surface area contributed by atoms with Gasteiger partial charge in [0, 0.05) is 21.8 Å². The van der Waals surface area contributed by atoms with Crippen molar-refractivity contribution in [2.75, 3.05) is 12.4 Å². The Morgan fingerprint density at radius 2 is 1.56 bits per heavy atom. The summed E-state index contributed by atoms with van der Waals surface area (Å²) < 4.78 is 17.1. The van der Waals surface area contributed by atoms with Gasteiger partial charge in [-0.1, -0.05) is 29.8 Å². The fourth-order valence-electron chi connectivity index (χ4n) is 3.33. The van der Waals surface area contributed by atoms with E-state index >= 15 is 0 Å². The van der Waals surface area contributed by atoms with E-state index in [9.17, 15) is 4.79 Å². The van der Waals surface area contributed by atoms with Crippen LogP contribution >= 0.6 is 11.6 Å². The predicted octanol–water partition coefficient (Wildman–Crippen LogP) is 7.28. The van der Waals surface area contributed by atoms with Crippen LogP contribution in [0.15, 0.2) is 91.0 Å². The molecule has 0 aromatic heterocycles. The highest BCUT2D eigenvalue weighted by Crippen LogP contribution is 2.26. The molecule has 0 aliphatic heterocycles. The first-order valence-electron chi connectivity index (χ1n) is 10.7. The van der Waals surface area contributed by atoms with E-state index < -0.39 is 0 Å². The van der Waals surface area contributed by atoms with Gasteiger partial charge < -0.3 is 19.5 Å². The number of carbonyl (C=O) groups is 1. The molecule has 0 saturated heterocycles. The van der Waals surface area contributed by atoms with Gasteiger partial charge in [-0.05, 0) is 85.3 Å². The predicted molar refractivity (Wildman–Crippen MR) is 134 cm³/mol. The Morgan fingerprint density at radius 1 is 0.853 bits per heavy atom. The van der Waals surface area contributed by atoms with E-state index in [2.05, 4.69) is 5.32 Å². The van der Waals surface area contributed by atoms with Crippen LogP contribution in [0, 0.1) is 6.92 Å². The van der Waals surface area contributed by atoms with Crippen LogP contribution in [0.25, 0.3) is 0 Å². The Hall–Kier alpha value is -3.96. The van der Waals surface area contributed by atoms with Gasteiger partial charge in [-0.15, -0.1) is 0 Å². The lowest BCUT2D eigenvalue weighted by molar-refractivity contribution is 0.102. The SMILES string of the molecule is COc1ccc(C(=O)Nc2ccc(Oc3ccccc3)cc2)cc1COc1ccc(Cl)c(C)c1. The van der Waals surface area contributed by atoms with E-state index in [1.807, 2.05) is 61.5 Å². The molecule has 0 unspecified atom stereocenters. The van der Waals surface area contributed by atoms with Gasteiger partial charge in [-0.25, -0.2) is 0 Å². The highest BCUT2D eigenvalue weighted by Gasteiger charge is 2.12. The minimum absolute atomic E-state index is 0.233. The molecule has 4 aromatic carbocycles. The number of rotatable bonds is 8. The van der Waals surface area contributed by atoms with Crippen molar-refractivity contribution in [3.8, 4) is 23.0 Å². The molecule has 0 spiro atoms. The lowest BCUT2D eigenvalue weighted by Crippen LogP contribution is -2.12. The normalized spacial score (nSPS) is 10.4. The quantitative estimate of drug-likeness (QED) is 0.292. The number of carbonyl (C=O) groups excluding carboxylic acids is 1. The van der Waals surface area contributed by atoms with E-state index in [0.29, 0.717) is 33.5 Å². The van der Waals surface area contributed by atoms with E-state index in [4.69, 9.17) is 25.8 Å². The number of methoxy groups -OCH3 is 1. The van der Waals surface area contributed by atoms with Crippen LogP contribution in [0.4, 0.5) is 5.69 Å². The van der Waals surface area contributed by atoms with Crippen LogP contribution in [0.1, 0.15) is 21.5 Å². The number of aryl methyl sites for hydroxylation is 1. The number of hydrogen-bond acceptors (Lipinski definition) is 4. The number of benzene rings is 4. The summed E-state index contributed by atoms with van der Waals surface area (Å²) in [6, 6.07) is 27.5. The third-order valence-corrected chi connectivity index (χ3v) is 5.58. The summed E-state index contributed by atoms with van der Waals surface area (Å²) in [6.07, 6.45) is 0. The van der Waals surface area contributed by atoms with Gasteiger partial charge in [0.25, 0.3) is 5.91 Å². The molecule has 1 amide bonds. The number of amides is 1. The summed E-state index contributed by atoms with van der Waals surface area (Å²) in [6.45, 7) is 2.16. The van der Waals surface area contributed by atoms with Crippen LogP contribution in [0.3, 0.4) is 0 Å². The van der Waals surface area contributed by atoms with Crippen molar-refractivity contribution in [2.24, 2.45) is 0 Å². The summed E-state index contributed by atoms with van der Waals surface area (Å²) >= 11 is 6.09. The summed E-state index contributed by atoms with van der Waals surface area (Å²) in [5.41, 5.74) is 2.85. The zero-order valence-electron chi connectivity index (χ0n) is 18.9. The van der Waals surface area contributed by atoms with Crippen molar-refractivity contribution < 1.29 is 19.0 Å². The molecule has 0 atom stereocenters. The topological polar surface area (TPSA) is 56.8 Å². The Balaban J connectivity index is 1.42. The second-order valence-electron chi connectivity index (χ2n) is 7.62. The largest absolute Gasteiger partial charge is 0.496 e. The van der Waals surface area contributed by atoms with Gasteiger partial charge in [0.1, 0.15) is 29.6 Å². The third-order valence-electron chi connectivity index (χ3n) is 5.16. The highest BCUT2D eigenvalue weighted by atomic mass is 35.5. The lowest BCUT2D eigenvalue weighted by atomic mass is 10.1. The third kappa shape index (κ3) is 5.88. The van der Waals surface area contributed by atoms with Crippen molar-refractivity contribution in [3.05, 3.63) is 113 Å². The number of halogens is 1. The average molecular weight is 474 g/mol. The van der Waals surface area contributed by atoms with Crippen LogP contribution in [-0.4, -0.2) is 13.0 Å². The Bertz CT molecular complexity index is 1270. The number of hydrogen-bond donors (Lipinski definition) is 1. The zero-order valence-corrected chi connectivity index (χ0v) is 19.6. The van der Waals surface area contributed by atoms with Crippen LogP contribution in [0.5, 0.6) is 23.0 Å². The Labute approximate surface area is 203 Å². The summed E-state index contributed by atoms with van der Waals surface area (Å²) in [5, 5.41) is 3.59. The maximum atomic E-state index is 12.9. The van der Waals surface area contributed by atoms with Gasteiger partial charge in [0.15, 0.2) is 0 Å². The molecular formula is C28H24ClNO4. The molecule has 0 radical (unpaired) electrons. The second kappa shape index (κ2) is 10.8. The lowest BCUT2D eigenvalue weighted by Gasteiger charge is -2.13. The second-order valence-corrected chi connectivity index (χ2v) is 8.03. The molecule has 0 aliphatic rings. The molecule has 0 aliphatic carbocycles. The molecule has 0 heterocycles. The van der Waals surface area contributed by atoms with Crippen molar-refractivity contribution >= 4 is 23.2 Å². The zero-order chi connectivity index (χ0) is 23.9. The fourth-order valence-corrected chi connectivity index (χ4v) is 3.45. The first kappa shape index (κ1) is 23.2. The first-order valence-corrected chi connectivity index (χ1v) is 11.1. The minimum Gasteiger partial charge on any atom is -0.496 e. The molecule has 0 bridgehead atoms. The van der Waals surface area contributed by atoms with Crippen LogP contribution in [0.2, 0.25) is 5.02 Å². The Morgan fingerprint density at radius 3 is 2.26 bits per heavy atom. The van der Waals surface area contributed by atoms with Crippen molar-refractivity contribution in [3.63, 3.8) is 0 Å². The van der Waals surface area contributed by atoms with E-state index in [0.717, 1.165) is 16.9 Å². The Kier molecular flexibility index (Phi) is 7.35. The molecule has 5 nitrogen and oxygen atoms in total. The van der Waals surface area contributed by atoms with Gasteiger partial charge >= 0.3 is 0 Å². The van der Waals surface area contributed by atoms with E-state index in [-0.39, 0.29) is 12.5 Å². The molecule has 0 saturated carbocycles. The highest BCUT2D eigenvalue weighted by molar-refractivity contribution is 6.31. The number of anilines is 1. The molecular weight excluding hydrogens is 450 g/mol. The summed E-state index contributed by atoms with van der Waals surface area (Å²) in [7, 11) is 1.59. The standard InChI is InChI=1S/C28H24ClNO4/c1-19-16-25(13-14-26(19)29)33-18-21-17-20(8-15-27(21)32-2)28(31)30-22-9-11-24(12-10-22)34-23-6-4-3-5-7-23/h3-17H,18H2,1-2H3,(H,30,31). The number of ether oxygens (including phenoxy) is 3. The van der Waals surface area contributed by atoms with Crippen molar-refractivity contribution in [1.29, 1.82) is 0 Å². The molecule has 4 aromatic rings. The summed E-state index contributed by atoms with van der Waals surface area (Å²) in [5.74, 6) is 2.54. The monoisotopic (exact) mass is 473 g/mol. The fraction of sp³-hybridized carbons (Fsp3) is 0.107. The van der Waals surface area contributed by atoms with Gasteiger partial charge in [0.05, 0.1) is 7.11 Å². The van der Waals surface area contributed by atoms with Crippen LogP contribution in [-0.2, 0) is 6.61 Å². The van der Waals surface area contributed by atoms with E-state index in [1.165, 1.54) is 0 Å². The molecule has 34 heavy (non-hydrogen) atoms. The van der Waals surface area contributed by atoms with Gasteiger partial charge in [-0.2, -0.15) is 0 Å². The van der Waals surface area contributed by atoms with Crippen LogP contribution < -0.4 is 19.5 Å².